The summed E-state index contributed by atoms with van der Waals surface area (Å²) in [5, 5.41) is 3.23. The zero-order chi connectivity index (χ0) is 22.7. The summed E-state index contributed by atoms with van der Waals surface area (Å²) in [5.74, 6) is -0.323. The minimum Gasteiger partial charge on any atom is -0.435 e. The molecular weight excluding hydrogens is 436 g/mol. The Morgan fingerprint density at radius 3 is 2.56 bits per heavy atom. The van der Waals surface area contributed by atoms with E-state index in [1.165, 1.54) is 34.4 Å². The molecule has 0 saturated heterocycles. The maximum Gasteiger partial charge on any atom is 0.387 e. The van der Waals surface area contributed by atoms with Crippen LogP contribution in [0.15, 0.2) is 65.7 Å². The van der Waals surface area contributed by atoms with Crippen molar-refractivity contribution in [2.24, 2.45) is 0 Å². The monoisotopic (exact) mass is 455 g/mol. The van der Waals surface area contributed by atoms with Crippen LogP contribution in [0.25, 0.3) is 21.3 Å². The molecule has 0 spiro atoms. The molecule has 0 radical (unpaired) electrons. The number of amides is 1. The van der Waals surface area contributed by atoms with Crippen LogP contribution in [0, 0.1) is 6.92 Å². The average molecular weight is 455 g/mol. The number of hydrogen-bond acceptors (Lipinski definition) is 5. The first kappa shape index (κ1) is 21.6. The van der Waals surface area contributed by atoms with Crippen molar-refractivity contribution in [3.8, 4) is 16.9 Å². The molecule has 32 heavy (non-hydrogen) atoms. The van der Waals surface area contributed by atoms with Gasteiger partial charge in [-0.1, -0.05) is 42.5 Å². The summed E-state index contributed by atoms with van der Waals surface area (Å²) in [7, 11) is 0. The smallest absolute Gasteiger partial charge is 0.387 e. The second kappa shape index (κ2) is 9.27. The zero-order valence-electron chi connectivity index (χ0n) is 17.0. The van der Waals surface area contributed by atoms with E-state index in [1.807, 2.05) is 37.3 Å². The van der Waals surface area contributed by atoms with E-state index in [9.17, 15) is 18.4 Å². The number of alkyl halides is 2. The summed E-state index contributed by atoms with van der Waals surface area (Å²) in [6.45, 7) is -0.940. The maximum absolute atomic E-state index is 13.1. The number of hydrogen-bond donors (Lipinski definition) is 1. The molecule has 0 unspecified atom stereocenters. The predicted octanol–water partition coefficient (Wildman–Crippen LogP) is 4.35. The average Bonchev–Trinajstić information content (AvgIpc) is 3.12. The lowest BCUT2D eigenvalue weighted by molar-refractivity contribution is -0.121. The molecule has 0 saturated carbocycles. The number of ether oxygens (including phenoxy) is 1. The van der Waals surface area contributed by atoms with E-state index >= 15 is 0 Å². The molecule has 4 rings (SSSR count). The van der Waals surface area contributed by atoms with Gasteiger partial charge in [0.05, 0.1) is 11.7 Å². The summed E-state index contributed by atoms with van der Waals surface area (Å²) in [6, 6.07) is 15.6. The molecule has 2 heterocycles. The molecule has 0 atom stereocenters. The lowest BCUT2D eigenvalue weighted by atomic mass is 10.0. The Bertz CT molecular complexity index is 1300. The Kier molecular flexibility index (Phi) is 6.27. The van der Waals surface area contributed by atoms with E-state index in [0.29, 0.717) is 15.8 Å². The fraction of sp³-hybridized carbons (Fsp3) is 0.174. The van der Waals surface area contributed by atoms with Crippen LogP contribution in [0.2, 0.25) is 0 Å². The second-order valence-electron chi connectivity index (χ2n) is 7.06. The van der Waals surface area contributed by atoms with E-state index in [-0.39, 0.29) is 30.3 Å². The quantitative estimate of drug-likeness (QED) is 0.450. The van der Waals surface area contributed by atoms with Crippen molar-refractivity contribution >= 4 is 27.5 Å². The third-order valence-electron chi connectivity index (χ3n) is 4.87. The number of rotatable bonds is 7. The molecule has 6 nitrogen and oxygen atoms in total. The van der Waals surface area contributed by atoms with Crippen molar-refractivity contribution < 1.29 is 18.3 Å². The lowest BCUT2D eigenvalue weighted by Crippen LogP contribution is -2.32. The topological polar surface area (TPSA) is 73.2 Å². The van der Waals surface area contributed by atoms with Crippen LogP contribution in [0.5, 0.6) is 5.75 Å². The van der Waals surface area contributed by atoms with E-state index in [4.69, 9.17) is 0 Å². The fourth-order valence-electron chi connectivity index (χ4n) is 3.40. The molecule has 4 aromatic rings. The molecule has 2 aromatic heterocycles. The summed E-state index contributed by atoms with van der Waals surface area (Å²) in [6.07, 6.45) is 1.38. The van der Waals surface area contributed by atoms with Gasteiger partial charge >= 0.3 is 6.61 Å². The first-order chi connectivity index (χ1) is 15.4. The molecule has 1 N–H and O–H groups in total. The van der Waals surface area contributed by atoms with Gasteiger partial charge in [-0.15, -0.1) is 11.3 Å². The van der Waals surface area contributed by atoms with Gasteiger partial charge in [0.25, 0.3) is 5.56 Å². The summed E-state index contributed by atoms with van der Waals surface area (Å²) >= 11 is 1.45. The number of halogens is 2. The second-order valence-corrected chi connectivity index (χ2v) is 8.26. The highest BCUT2D eigenvalue weighted by Crippen LogP contribution is 2.35. The van der Waals surface area contributed by atoms with E-state index < -0.39 is 6.61 Å². The third kappa shape index (κ3) is 4.67. The van der Waals surface area contributed by atoms with Crippen LogP contribution in [0.3, 0.4) is 0 Å². The zero-order valence-corrected chi connectivity index (χ0v) is 17.9. The van der Waals surface area contributed by atoms with Gasteiger partial charge in [-0.2, -0.15) is 8.78 Å². The first-order valence-corrected chi connectivity index (χ1v) is 10.6. The van der Waals surface area contributed by atoms with Crippen LogP contribution in [-0.2, 0) is 17.9 Å². The molecule has 164 valence electrons. The minimum absolute atomic E-state index is 0.0429. The van der Waals surface area contributed by atoms with Gasteiger partial charge in [0.2, 0.25) is 5.91 Å². The number of fused-ring (bicyclic) bond motifs is 1. The molecule has 9 heteroatoms. The van der Waals surface area contributed by atoms with Crippen LogP contribution in [0.1, 0.15) is 10.4 Å². The van der Waals surface area contributed by atoms with Gasteiger partial charge in [-0.25, -0.2) is 4.98 Å². The van der Waals surface area contributed by atoms with Crippen molar-refractivity contribution in [1.82, 2.24) is 14.9 Å². The SMILES string of the molecule is Cc1sc2ncn(CC(=O)NCc3ccc(OC(F)F)cc3)c(=O)c2c1-c1ccccc1. The van der Waals surface area contributed by atoms with Gasteiger partial charge in [-0.05, 0) is 30.2 Å². The highest BCUT2D eigenvalue weighted by atomic mass is 32.1. The van der Waals surface area contributed by atoms with Gasteiger partial charge in [0.15, 0.2) is 0 Å². The molecule has 0 aliphatic heterocycles. The molecule has 1 amide bonds. The standard InChI is InChI=1S/C23H19F2N3O3S/c1-14-19(16-5-3-2-4-6-16)20-21(32-14)27-13-28(22(20)30)12-18(29)26-11-15-7-9-17(10-8-15)31-23(24)25/h2-10,13,23H,11-12H2,1H3,(H,26,29). The Morgan fingerprint density at radius 2 is 1.88 bits per heavy atom. The third-order valence-corrected chi connectivity index (χ3v) is 5.88. The van der Waals surface area contributed by atoms with Crippen molar-refractivity contribution in [1.29, 1.82) is 0 Å². The van der Waals surface area contributed by atoms with Crippen molar-refractivity contribution in [3.63, 3.8) is 0 Å². The minimum atomic E-state index is -2.89. The normalized spacial score (nSPS) is 11.1. The Labute approximate surface area is 186 Å². The van der Waals surface area contributed by atoms with Gasteiger partial charge < -0.3 is 10.1 Å². The van der Waals surface area contributed by atoms with E-state index in [2.05, 4.69) is 15.0 Å². The number of benzene rings is 2. The Hall–Kier alpha value is -3.59. The molecule has 0 fully saturated rings. The van der Waals surface area contributed by atoms with Crippen LogP contribution < -0.4 is 15.6 Å². The Morgan fingerprint density at radius 1 is 1.16 bits per heavy atom. The first-order valence-electron chi connectivity index (χ1n) is 9.77. The molecule has 0 bridgehead atoms. The summed E-state index contributed by atoms with van der Waals surface area (Å²) < 4.78 is 30.0. The fourth-order valence-corrected chi connectivity index (χ4v) is 4.41. The number of carbonyl (C=O) groups is 1. The van der Waals surface area contributed by atoms with Crippen molar-refractivity contribution in [2.45, 2.75) is 26.6 Å². The van der Waals surface area contributed by atoms with Gasteiger partial charge in [0.1, 0.15) is 17.1 Å². The number of nitrogens with zero attached hydrogens (tertiary/aromatic N) is 2. The van der Waals surface area contributed by atoms with Gasteiger partial charge in [0, 0.05) is 17.0 Å². The number of nitrogens with one attached hydrogen (secondary N) is 1. The Balaban J connectivity index is 1.50. The van der Waals surface area contributed by atoms with E-state index in [0.717, 1.165) is 16.0 Å². The van der Waals surface area contributed by atoms with Gasteiger partial charge in [-0.3, -0.25) is 14.2 Å². The molecule has 2 aromatic carbocycles. The van der Waals surface area contributed by atoms with Crippen LogP contribution in [-0.4, -0.2) is 22.1 Å². The highest BCUT2D eigenvalue weighted by molar-refractivity contribution is 7.19. The number of carbonyl (C=O) groups excluding carboxylic acids is 1. The van der Waals surface area contributed by atoms with Crippen LogP contribution in [0.4, 0.5) is 8.78 Å². The summed E-state index contributed by atoms with van der Waals surface area (Å²) in [5.41, 5.74) is 2.20. The molecular formula is C23H19F2N3O3S. The molecule has 0 aliphatic carbocycles. The lowest BCUT2D eigenvalue weighted by Gasteiger charge is -2.09. The van der Waals surface area contributed by atoms with E-state index in [1.54, 1.807) is 12.1 Å². The molecule has 0 aliphatic rings. The number of thiophene rings is 1. The number of aryl methyl sites for hydroxylation is 1. The van der Waals surface area contributed by atoms with Crippen molar-refractivity contribution in [2.75, 3.05) is 0 Å². The summed E-state index contributed by atoms with van der Waals surface area (Å²) in [4.78, 5) is 31.6. The largest absolute Gasteiger partial charge is 0.435 e. The highest BCUT2D eigenvalue weighted by Gasteiger charge is 2.17. The maximum atomic E-state index is 13.1. The van der Waals surface area contributed by atoms with Crippen LogP contribution >= 0.6 is 11.3 Å². The number of aromatic nitrogens is 2. The van der Waals surface area contributed by atoms with Crippen molar-refractivity contribution in [3.05, 3.63) is 81.7 Å². The predicted molar refractivity (Wildman–Crippen MR) is 119 cm³/mol.